The molecule has 0 aliphatic carbocycles. The number of nitrogens with zero attached hydrogens (tertiary/aromatic N) is 3. The molecular formula is C25H31N3O2. The van der Waals surface area contributed by atoms with E-state index in [1.165, 1.54) is 32.4 Å². The second-order valence-electron chi connectivity index (χ2n) is 8.98. The highest BCUT2D eigenvalue weighted by Crippen LogP contribution is 2.34. The van der Waals surface area contributed by atoms with Crippen LogP contribution >= 0.6 is 0 Å². The zero-order chi connectivity index (χ0) is 20.5. The van der Waals surface area contributed by atoms with E-state index in [4.69, 9.17) is 0 Å². The van der Waals surface area contributed by atoms with Crippen LogP contribution in [0.25, 0.3) is 0 Å². The van der Waals surface area contributed by atoms with E-state index in [9.17, 15) is 9.59 Å². The number of benzene rings is 1. The Kier molecular flexibility index (Phi) is 5.47. The first-order valence-electron chi connectivity index (χ1n) is 11.5. The second-order valence-corrected chi connectivity index (χ2v) is 8.98. The Labute approximate surface area is 178 Å². The monoisotopic (exact) mass is 405 g/mol. The molecule has 0 N–H and O–H groups in total. The van der Waals surface area contributed by atoms with Crippen molar-refractivity contribution in [3.05, 3.63) is 59.4 Å². The second kappa shape index (κ2) is 8.38. The number of ketones is 1. The summed E-state index contributed by atoms with van der Waals surface area (Å²) in [7, 11) is 0. The van der Waals surface area contributed by atoms with Gasteiger partial charge in [-0.3, -0.25) is 9.59 Å². The summed E-state index contributed by atoms with van der Waals surface area (Å²) in [5.74, 6) is 0.189. The lowest BCUT2D eigenvalue weighted by molar-refractivity contribution is -0.134. The average Bonchev–Trinajstić information content (AvgIpc) is 3.42. The van der Waals surface area contributed by atoms with E-state index in [0.717, 1.165) is 44.6 Å². The summed E-state index contributed by atoms with van der Waals surface area (Å²) in [6.07, 6.45) is 7.00. The molecule has 1 aromatic carbocycles. The molecule has 2 aromatic rings. The van der Waals surface area contributed by atoms with Crippen LogP contribution in [0.4, 0.5) is 0 Å². The number of fused-ring (bicyclic) bond motifs is 1. The molecule has 0 unspecified atom stereocenters. The van der Waals surface area contributed by atoms with Gasteiger partial charge in [0.15, 0.2) is 0 Å². The van der Waals surface area contributed by atoms with Gasteiger partial charge in [-0.25, -0.2) is 0 Å². The van der Waals surface area contributed by atoms with Crippen LogP contribution in [0.1, 0.15) is 66.2 Å². The van der Waals surface area contributed by atoms with E-state index in [-0.39, 0.29) is 17.6 Å². The molecule has 158 valence electrons. The largest absolute Gasteiger partial charge is 0.342 e. The Bertz CT molecular complexity index is 906. The normalized spacial score (nSPS) is 22.8. The maximum absolute atomic E-state index is 13.3. The molecule has 1 amide bonds. The first kappa shape index (κ1) is 19.6. The minimum atomic E-state index is -0.103. The summed E-state index contributed by atoms with van der Waals surface area (Å²) < 4.78 is 2.07. The Hall–Kier alpha value is -2.40. The fourth-order valence-electron chi connectivity index (χ4n) is 5.58. The van der Waals surface area contributed by atoms with Crippen molar-refractivity contribution < 1.29 is 9.59 Å². The Balaban J connectivity index is 1.25. The summed E-state index contributed by atoms with van der Waals surface area (Å²) in [6, 6.07) is 13.9. The summed E-state index contributed by atoms with van der Waals surface area (Å²) >= 11 is 0. The lowest BCUT2D eigenvalue weighted by Crippen LogP contribution is -2.49. The molecule has 4 heterocycles. The van der Waals surface area contributed by atoms with Gasteiger partial charge in [0.05, 0.1) is 11.6 Å². The van der Waals surface area contributed by atoms with Crippen molar-refractivity contribution in [2.24, 2.45) is 0 Å². The van der Waals surface area contributed by atoms with Crippen LogP contribution in [0.2, 0.25) is 0 Å². The molecule has 3 aliphatic rings. The summed E-state index contributed by atoms with van der Waals surface area (Å²) in [6.45, 7) is 4.94. The number of hydrogen-bond acceptors (Lipinski definition) is 3. The predicted molar refractivity (Wildman–Crippen MR) is 117 cm³/mol. The Morgan fingerprint density at radius 1 is 0.767 bits per heavy atom. The van der Waals surface area contributed by atoms with E-state index >= 15 is 0 Å². The summed E-state index contributed by atoms with van der Waals surface area (Å²) in [5.41, 5.74) is 2.42. The SMILES string of the molecule is O=C(c1ccccc1)c1ccc2n1CC[C@H]2C(=O)N1CCC(N2CCCCC2)CC1. The first-order valence-corrected chi connectivity index (χ1v) is 11.5. The molecule has 30 heavy (non-hydrogen) atoms. The molecule has 1 aromatic heterocycles. The lowest BCUT2D eigenvalue weighted by Gasteiger charge is -2.40. The van der Waals surface area contributed by atoms with Gasteiger partial charge in [-0.2, -0.15) is 0 Å². The maximum Gasteiger partial charge on any atom is 0.231 e. The van der Waals surface area contributed by atoms with Crippen LogP contribution in [0.15, 0.2) is 42.5 Å². The standard InChI is InChI=1S/C25H31N3O2/c29-24(19-7-3-1-4-8-19)23-10-9-22-21(13-18-28(22)23)25(30)27-16-11-20(12-17-27)26-14-5-2-6-15-26/h1,3-4,7-10,20-21H,2,5-6,11-18H2/t21-/m1/s1. The molecule has 0 spiro atoms. The van der Waals surface area contributed by atoms with Crippen LogP contribution in [-0.2, 0) is 11.3 Å². The molecule has 0 bridgehead atoms. The third kappa shape index (κ3) is 3.60. The van der Waals surface area contributed by atoms with Crippen molar-refractivity contribution in [2.75, 3.05) is 26.2 Å². The van der Waals surface area contributed by atoms with Crippen molar-refractivity contribution in [1.82, 2.24) is 14.4 Å². The molecule has 2 saturated heterocycles. The number of rotatable bonds is 4. The van der Waals surface area contributed by atoms with E-state index in [1.807, 2.05) is 42.5 Å². The molecule has 5 nitrogen and oxygen atoms in total. The zero-order valence-electron chi connectivity index (χ0n) is 17.6. The third-order valence-electron chi connectivity index (χ3n) is 7.26. The minimum absolute atomic E-state index is 0.0392. The van der Waals surface area contributed by atoms with E-state index in [1.54, 1.807) is 0 Å². The number of carbonyl (C=O) groups excluding carboxylic acids is 2. The number of carbonyl (C=O) groups is 2. The van der Waals surface area contributed by atoms with Gasteiger partial charge in [0.25, 0.3) is 0 Å². The molecule has 0 radical (unpaired) electrons. The quantitative estimate of drug-likeness (QED) is 0.729. The molecule has 3 aliphatic heterocycles. The van der Waals surface area contributed by atoms with E-state index < -0.39 is 0 Å². The highest BCUT2D eigenvalue weighted by Gasteiger charge is 2.36. The van der Waals surface area contributed by atoms with Gasteiger partial charge in [0.1, 0.15) is 0 Å². The highest BCUT2D eigenvalue weighted by atomic mass is 16.2. The predicted octanol–water partition coefficient (Wildman–Crippen LogP) is 3.68. The van der Waals surface area contributed by atoms with Gasteiger partial charge in [-0.1, -0.05) is 36.8 Å². The average molecular weight is 406 g/mol. The van der Waals surface area contributed by atoms with Crippen LogP contribution in [-0.4, -0.2) is 58.3 Å². The van der Waals surface area contributed by atoms with E-state index in [2.05, 4.69) is 14.4 Å². The number of aromatic nitrogens is 1. The first-order chi connectivity index (χ1) is 14.7. The van der Waals surface area contributed by atoms with Crippen LogP contribution in [0.5, 0.6) is 0 Å². The summed E-state index contributed by atoms with van der Waals surface area (Å²) in [5, 5.41) is 0. The van der Waals surface area contributed by atoms with Crippen molar-refractivity contribution in [3.63, 3.8) is 0 Å². The van der Waals surface area contributed by atoms with E-state index in [0.29, 0.717) is 17.3 Å². The molecule has 0 saturated carbocycles. The number of likely N-dealkylation sites (tertiary alicyclic amines) is 2. The van der Waals surface area contributed by atoms with Crippen LogP contribution in [0, 0.1) is 0 Å². The minimum Gasteiger partial charge on any atom is -0.342 e. The highest BCUT2D eigenvalue weighted by molar-refractivity contribution is 6.08. The molecule has 5 heteroatoms. The molecule has 1 atom stereocenters. The molecule has 2 fully saturated rings. The number of piperidine rings is 2. The summed E-state index contributed by atoms with van der Waals surface area (Å²) in [4.78, 5) is 30.9. The van der Waals surface area contributed by atoms with Gasteiger partial charge in [0, 0.05) is 36.9 Å². The van der Waals surface area contributed by atoms with Gasteiger partial charge in [-0.15, -0.1) is 0 Å². The van der Waals surface area contributed by atoms with Crippen LogP contribution in [0.3, 0.4) is 0 Å². The molecule has 5 rings (SSSR count). The van der Waals surface area contributed by atoms with Gasteiger partial charge in [0.2, 0.25) is 11.7 Å². The van der Waals surface area contributed by atoms with Gasteiger partial charge < -0.3 is 14.4 Å². The Morgan fingerprint density at radius 3 is 2.23 bits per heavy atom. The van der Waals surface area contributed by atoms with Crippen molar-refractivity contribution in [3.8, 4) is 0 Å². The van der Waals surface area contributed by atoms with Crippen molar-refractivity contribution >= 4 is 11.7 Å². The maximum atomic E-state index is 13.3. The third-order valence-corrected chi connectivity index (χ3v) is 7.26. The van der Waals surface area contributed by atoms with Crippen molar-refractivity contribution in [2.45, 2.75) is 57.0 Å². The lowest BCUT2D eigenvalue weighted by atomic mass is 9.97. The smallest absolute Gasteiger partial charge is 0.231 e. The fourth-order valence-corrected chi connectivity index (χ4v) is 5.58. The number of amides is 1. The number of hydrogen-bond donors (Lipinski definition) is 0. The molecular weight excluding hydrogens is 374 g/mol. The van der Waals surface area contributed by atoms with Crippen LogP contribution < -0.4 is 0 Å². The zero-order valence-corrected chi connectivity index (χ0v) is 17.6. The fraction of sp³-hybridized carbons (Fsp3) is 0.520. The van der Waals surface area contributed by atoms with Gasteiger partial charge in [-0.05, 0) is 57.3 Å². The van der Waals surface area contributed by atoms with Crippen molar-refractivity contribution in [1.29, 1.82) is 0 Å². The Morgan fingerprint density at radius 2 is 1.50 bits per heavy atom. The topological polar surface area (TPSA) is 45.6 Å². The van der Waals surface area contributed by atoms with Gasteiger partial charge >= 0.3 is 0 Å².